The molecule has 4 nitrogen and oxygen atoms in total. The number of quaternary nitrogens is 1. The van der Waals surface area contributed by atoms with Gasteiger partial charge >= 0.3 is 0 Å². The van der Waals surface area contributed by atoms with E-state index in [0.29, 0.717) is 10.8 Å². The first-order valence-corrected chi connectivity index (χ1v) is 8.50. The van der Waals surface area contributed by atoms with Gasteiger partial charge in [0, 0.05) is 23.9 Å². The second-order valence-electron chi connectivity index (χ2n) is 7.99. The molecule has 0 saturated carbocycles. The highest BCUT2D eigenvalue weighted by atomic mass is 35.5. The van der Waals surface area contributed by atoms with E-state index in [9.17, 15) is 4.79 Å². The van der Waals surface area contributed by atoms with Gasteiger partial charge in [-0.15, -0.1) is 0 Å². The monoisotopic (exact) mass is 339 g/mol. The van der Waals surface area contributed by atoms with Crippen molar-refractivity contribution in [2.75, 3.05) is 6.61 Å². The Bertz CT molecular complexity index is 568. The summed E-state index contributed by atoms with van der Waals surface area (Å²) in [6, 6.07) is 5.60. The second-order valence-corrected chi connectivity index (χ2v) is 8.40. The summed E-state index contributed by atoms with van der Waals surface area (Å²) >= 11 is 5.99. The molecule has 1 aromatic carbocycles. The lowest BCUT2D eigenvalue weighted by Gasteiger charge is -2.43. The van der Waals surface area contributed by atoms with Crippen LogP contribution >= 0.6 is 11.6 Å². The summed E-state index contributed by atoms with van der Waals surface area (Å²) in [6.45, 7) is 10.8. The van der Waals surface area contributed by atoms with Gasteiger partial charge in [0.1, 0.15) is 5.75 Å². The minimum absolute atomic E-state index is 0.0299. The quantitative estimate of drug-likeness (QED) is 0.885. The van der Waals surface area contributed by atoms with Gasteiger partial charge in [0.25, 0.3) is 5.91 Å². The Hall–Kier alpha value is -1.26. The number of amides is 1. The predicted molar refractivity (Wildman–Crippen MR) is 92.9 cm³/mol. The van der Waals surface area contributed by atoms with Crippen molar-refractivity contribution < 1.29 is 14.8 Å². The van der Waals surface area contributed by atoms with E-state index < -0.39 is 0 Å². The number of nitrogens with two attached hydrogens (primary N) is 1. The molecule has 0 unspecified atom stereocenters. The average Bonchev–Trinajstić information content (AvgIpc) is 2.36. The third kappa shape index (κ3) is 5.40. The number of piperidine rings is 1. The number of nitrogens with one attached hydrogen (secondary N) is 1. The van der Waals surface area contributed by atoms with Crippen LogP contribution in [0.25, 0.3) is 0 Å². The maximum atomic E-state index is 12.2. The maximum Gasteiger partial charge on any atom is 0.258 e. The molecule has 1 aromatic rings. The predicted octanol–water partition coefficient (Wildman–Crippen LogP) is 2.43. The van der Waals surface area contributed by atoms with Gasteiger partial charge in [0.05, 0.1) is 11.1 Å². The normalized spacial score (nSPS) is 20.1. The number of aryl methyl sites for hydroxylation is 1. The number of rotatable bonds is 4. The first-order valence-electron chi connectivity index (χ1n) is 8.12. The van der Waals surface area contributed by atoms with E-state index in [4.69, 9.17) is 16.3 Å². The number of carbonyl (C=O) groups excluding carboxylic acids is 1. The molecule has 128 valence electrons. The first kappa shape index (κ1) is 18.1. The van der Waals surface area contributed by atoms with Crippen molar-refractivity contribution in [2.24, 2.45) is 0 Å². The van der Waals surface area contributed by atoms with Crippen LogP contribution in [-0.2, 0) is 4.79 Å². The Labute approximate surface area is 143 Å². The van der Waals surface area contributed by atoms with Crippen molar-refractivity contribution in [1.82, 2.24) is 5.32 Å². The molecule has 0 atom stereocenters. The Morgan fingerprint density at radius 1 is 1.30 bits per heavy atom. The smallest absolute Gasteiger partial charge is 0.258 e. The van der Waals surface area contributed by atoms with Crippen molar-refractivity contribution in [2.45, 2.75) is 64.6 Å². The number of carbonyl (C=O) groups is 1. The van der Waals surface area contributed by atoms with Gasteiger partial charge in [-0.05, 0) is 58.4 Å². The molecule has 1 saturated heterocycles. The zero-order valence-electron chi connectivity index (χ0n) is 14.7. The molecule has 23 heavy (non-hydrogen) atoms. The molecule has 0 bridgehead atoms. The fourth-order valence-corrected chi connectivity index (χ4v) is 3.86. The van der Waals surface area contributed by atoms with Crippen molar-refractivity contribution in [3.63, 3.8) is 0 Å². The largest absolute Gasteiger partial charge is 0.484 e. The standard InChI is InChI=1S/C18H27ClN2O2/c1-12-8-14(6-7-15(12)19)23-11-16(22)20-13-9-17(2,3)21-18(4,5)10-13/h6-8,13,21H,9-11H2,1-5H3,(H,20,22)/p+1. The van der Waals surface area contributed by atoms with E-state index in [1.165, 1.54) is 0 Å². The van der Waals surface area contributed by atoms with Gasteiger partial charge in [0.15, 0.2) is 6.61 Å². The molecule has 1 heterocycles. The summed E-state index contributed by atoms with van der Waals surface area (Å²) in [6.07, 6.45) is 1.92. The molecule has 1 aliphatic rings. The van der Waals surface area contributed by atoms with Gasteiger partial charge in [0.2, 0.25) is 0 Å². The molecule has 3 N–H and O–H groups in total. The molecular weight excluding hydrogens is 312 g/mol. The molecule has 0 aliphatic carbocycles. The van der Waals surface area contributed by atoms with Gasteiger partial charge in [-0.25, -0.2) is 0 Å². The van der Waals surface area contributed by atoms with E-state index in [2.05, 4.69) is 38.3 Å². The van der Waals surface area contributed by atoms with E-state index in [0.717, 1.165) is 18.4 Å². The number of benzene rings is 1. The van der Waals surface area contributed by atoms with Crippen molar-refractivity contribution in [1.29, 1.82) is 0 Å². The zero-order chi connectivity index (χ0) is 17.3. The molecule has 2 rings (SSSR count). The first-order chi connectivity index (χ1) is 10.6. The zero-order valence-corrected chi connectivity index (χ0v) is 15.5. The SMILES string of the molecule is Cc1cc(OCC(=O)NC2CC(C)(C)[NH2+]C(C)(C)C2)ccc1Cl. The van der Waals surface area contributed by atoms with Gasteiger partial charge < -0.3 is 15.4 Å². The fourth-order valence-electron chi connectivity index (χ4n) is 3.75. The minimum Gasteiger partial charge on any atom is -0.484 e. The lowest BCUT2D eigenvalue weighted by molar-refractivity contribution is -0.787. The third-order valence-electron chi connectivity index (χ3n) is 4.19. The molecule has 0 aromatic heterocycles. The van der Waals surface area contributed by atoms with Crippen LogP contribution in [0.1, 0.15) is 46.1 Å². The summed E-state index contributed by atoms with van der Waals surface area (Å²) in [5, 5.41) is 6.21. The molecule has 1 amide bonds. The average molecular weight is 340 g/mol. The van der Waals surface area contributed by atoms with Crippen LogP contribution < -0.4 is 15.4 Å². The van der Waals surface area contributed by atoms with E-state index in [-0.39, 0.29) is 29.6 Å². The summed E-state index contributed by atoms with van der Waals surface area (Å²) < 4.78 is 5.57. The van der Waals surface area contributed by atoms with Crippen LogP contribution in [0.2, 0.25) is 5.02 Å². The molecular formula is C18H28ClN2O2+. The van der Waals surface area contributed by atoms with E-state index >= 15 is 0 Å². The fraction of sp³-hybridized carbons (Fsp3) is 0.611. The lowest BCUT2D eigenvalue weighted by atomic mass is 9.79. The Morgan fingerprint density at radius 3 is 2.48 bits per heavy atom. The van der Waals surface area contributed by atoms with E-state index in [1.807, 2.05) is 13.0 Å². The van der Waals surface area contributed by atoms with Crippen LogP contribution in [-0.4, -0.2) is 29.6 Å². The minimum atomic E-state index is -0.0731. The summed E-state index contributed by atoms with van der Waals surface area (Å²) in [5.74, 6) is 0.593. The number of hydrogen-bond acceptors (Lipinski definition) is 2. The Balaban J connectivity index is 1.88. The number of halogens is 1. The topological polar surface area (TPSA) is 54.9 Å². The molecule has 0 spiro atoms. The van der Waals surface area contributed by atoms with Crippen LogP contribution in [0.15, 0.2) is 18.2 Å². The Morgan fingerprint density at radius 2 is 1.91 bits per heavy atom. The number of hydrogen-bond donors (Lipinski definition) is 2. The van der Waals surface area contributed by atoms with Gasteiger partial charge in [-0.3, -0.25) is 4.79 Å². The van der Waals surface area contributed by atoms with Crippen LogP contribution in [0.5, 0.6) is 5.75 Å². The molecule has 1 aliphatic heterocycles. The second kappa shape index (κ2) is 6.70. The van der Waals surface area contributed by atoms with Crippen LogP contribution in [0, 0.1) is 6.92 Å². The van der Waals surface area contributed by atoms with E-state index in [1.54, 1.807) is 12.1 Å². The molecule has 5 heteroatoms. The number of ether oxygens (including phenoxy) is 1. The molecule has 0 radical (unpaired) electrons. The summed E-state index contributed by atoms with van der Waals surface area (Å²) in [5.41, 5.74) is 1.21. The Kier molecular flexibility index (Phi) is 5.27. The van der Waals surface area contributed by atoms with Crippen molar-refractivity contribution >= 4 is 17.5 Å². The van der Waals surface area contributed by atoms with Gasteiger partial charge in [-0.2, -0.15) is 0 Å². The maximum absolute atomic E-state index is 12.2. The van der Waals surface area contributed by atoms with Gasteiger partial charge in [-0.1, -0.05) is 11.6 Å². The highest BCUT2D eigenvalue weighted by Crippen LogP contribution is 2.22. The van der Waals surface area contributed by atoms with Crippen molar-refractivity contribution in [3.8, 4) is 5.75 Å². The molecule has 1 fully saturated rings. The summed E-state index contributed by atoms with van der Waals surface area (Å²) in [4.78, 5) is 12.2. The lowest BCUT2D eigenvalue weighted by Crippen LogP contribution is -3.06. The highest BCUT2D eigenvalue weighted by molar-refractivity contribution is 6.31. The van der Waals surface area contributed by atoms with Crippen LogP contribution in [0.3, 0.4) is 0 Å². The van der Waals surface area contributed by atoms with Crippen molar-refractivity contribution in [3.05, 3.63) is 28.8 Å². The summed E-state index contributed by atoms with van der Waals surface area (Å²) in [7, 11) is 0. The third-order valence-corrected chi connectivity index (χ3v) is 4.62. The highest BCUT2D eigenvalue weighted by Gasteiger charge is 2.42. The van der Waals surface area contributed by atoms with Crippen LogP contribution in [0.4, 0.5) is 0 Å².